The van der Waals surface area contributed by atoms with E-state index in [1.807, 2.05) is 0 Å². The first-order valence-corrected chi connectivity index (χ1v) is 5.14. The summed E-state index contributed by atoms with van der Waals surface area (Å²) in [7, 11) is 0. The number of carbonyl (C=O) groups is 1. The van der Waals surface area contributed by atoms with Crippen molar-refractivity contribution >= 4 is 5.97 Å². The van der Waals surface area contributed by atoms with Gasteiger partial charge in [0.1, 0.15) is 0 Å². The lowest BCUT2D eigenvalue weighted by Crippen LogP contribution is -2.10. The molecule has 14 heavy (non-hydrogen) atoms. The highest BCUT2D eigenvalue weighted by Gasteiger charge is 2.14. The standard InChI is InChI=1S/C11H18O3/c1-9(2)11(12)14-8-4-6-10-5-3-7-13-10/h10H,1,3-8H2,2H3. The van der Waals surface area contributed by atoms with Crippen LogP contribution in [0.25, 0.3) is 0 Å². The molecule has 0 aromatic heterocycles. The van der Waals surface area contributed by atoms with Crippen LogP contribution in [0.1, 0.15) is 32.6 Å². The van der Waals surface area contributed by atoms with Crippen LogP contribution in [0.4, 0.5) is 0 Å². The van der Waals surface area contributed by atoms with Crippen LogP contribution >= 0.6 is 0 Å². The molecule has 3 heteroatoms. The quantitative estimate of drug-likeness (QED) is 0.385. The predicted octanol–water partition coefficient (Wildman–Crippen LogP) is 2.06. The molecule has 3 nitrogen and oxygen atoms in total. The summed E-state index contributed by atoms with van der Waals surface area (Å²) in [6, 6.07) is 0. The summed E-state index contributed by atoms with van der Waals surface area (Å²) in [6.45, 7) is 6.53. The van der Waals surface area contributed by atoms with Gasteiger partial charge in [-0.25, -0.2) is 4.79 Å². The van der Waals surface area contributed by atoms with E-state index < -0.39 is 0 Å². The fourth-order valence-electron chi connectivity index (χ4n) is 1.47. The normalized spacial score (nSPS) is 20.8. The summed E-state index contributed by atoms with van der Waals surface area (Å²) in [4.78, 5) is 11.0. The average molecular weight is 198 g/mol. The van der Waals surface area contributed by atoms with E-state index in [1.54, 1.807) is 6.92 Å². The molecule has 0 N–H and O–H groups in total. The van der Waals surface area contributed by atoms with Gasteiger partial charge in [0, 0.05) is 12.2 Å². The molecule has 0 spiro atoms. The van der Waals surface area contributed by atoms with Gasteiger partial charge in [-0.3, -0.25) is 0 Å². The van der Waals surface area contributed by atoms with E-state index in [9.17, 15) is 4.79 Å². The Morgan fingerprint density at radius 3 is 3.00 bits per heavy atom. The zero-order valence-electron chi connectivity index (χ0n) is 8.75. The van der Waals surface area contributed by atoms with Crippen LogP contribution in [-0.2, 0) is 14.3 Å². The molecule has 0 radical (unpaired) electrons. The van der Waals surface area contributed by atoms with Crippen molar-refractivity contribution in [1.82, 2.24) is 0 Å². The van der Waals surface area contributed by atoms with Crippen LogP contribution in [0.3, 0.4) is 0 Å². The summed E-state index contributed by atoms with van der Waals surface area (Å²) in [5.41, 5.74) is 0.460. The van der Waals surface area contributed by atoms with Crippen molar-refractivity contribution < 1.29 is 14.3 Å². The predicted molar refractivity (Wildman–Crippen MR) is 54.0 cm³/mol. The third kappa shape index (κ3) is 3.92. The second kappa shape index (κ2) is 5.81. The summed E-state index contributed by atoms with van der Waals surface area (Å²) < 4.78 is 10.4. The molecule has 0 aromatic carbocycles. The fourth-order valence-corrected chi connectivity index (χ4v) is 1.47. The Morgan fingerprint density at radius 1 is 1.64 bits per heavy atom. The minimum Gasteiger partial charge on any atom is -0.462 e. The Kier molecular flexibility index (Phi) is 4.66. The minimum atomic E-state index is -0.294. The number of esters is 1. The van der Waals surface area contributed by atoms with Crippen molar-refractivity contribution in [2.45, 2.75) is 38.7 Å². The van der Waals surface area contributed by atoms with Crippen LogP contribution < -0.4 is 0 Å². The van der Waals surface area contributed by atoms with Gasteiger partial charge in [-0.2, -0.15) is 0 Å². The van der Waals surface area contributed by atoms with Crippen molar-refractivity contribution in [1.29, 1.82) is 0 Å². The molecule has 1 saturated heterocycles. The number of hydrogen-bond acceptors (Lipinski definition) is 3. The lowest BCUT2D eigenvalue weighted by Gasteiger charge is -2.08. The Labute approximate surface area is 85.1 Å². The van der Waals surface area contributed by atoms with Crippen LogP contribution in [0, 0.1) is 0 Å². The molecule has 1 aliphatic rings. The van der Waals surface area contributed by atoms with Crippen LogP contribution in [0.5, 0.6) is 0 Å². The van der Waals surface area contributed by atoms with Crippen molar-refractivity contribution in [3.8, 4) is 0 Å². The first kappa shape index (κ1) is 11.2. The topological polar surface area (TPSA) is 35.5 Å². The Bertz CT molecular complexity index is 205. The molecule has 0 bridgehead atoms. The highest BCUT2D eigenvalue weighted by Crippen LogP contribution is 2.16. The largest absolute Gasteiger partial charge is 0.462 e. The van der Waals surface area contributed by atoms with Crippen molar-refractivity contribution in [2.75, 3.05) is 13.2 Å². The Morgan fingerprint density at radius 2 is 2.43 bits per heavy atom. The molecule has 1 fully saturated rings. The highest BCUT2D eigenvalue weighted by molar-refractivity contribution is 5.86. The first-order valence-electron chi connectivity index (χ1n) is 5.14. The lowest BCUT2D eigenvalue weighted by molar-refractivity contribution is -0.139. The second-order valence-corrected chi connectivity index (χ2v) is 3.69. The molecule has 0 saturated carbocycles. The van der Waals surface area contributed by atoms with Gasteiger partial charge in [-0.1, -0.05) is 6.58 Å². The first-order chi connectivity index (χ1) is 6.70. The molecular weight excluding hydrogens is 180 g/mol. The summed E-state index contributed by atoms with van der Waals surface area (Å²) >= 11 is 0. The van der Waals surface area contributed by atoms with E-state index in [4.69, 9.17) is 9.47 Å². The van der Waals surface area contributed by atoms with E-state index >= 15 is 0 Å². The van der Waals surface area contributed by atoms with Crippen molar-refractivity contribution in [2.24, 2.45) is 0 Å². The average Bonchev–Trinajstić information content (AvgIpc) is 2.64. The van der Waals surface area contributed by atoms with Crippen LogP contribution in [0.15, 0.2) is 12.2 Å². The van der Waals surface area contributed by atoms with E-state index in [-0.39, 0.29) is 5.97 Å². The second-order valence-electron chi connectivity index (χ2n) is 3.69. The van der Waals surface area contributed by atoms with Gasteiger partial charge < -0.3 is 9.47 Å². The summed E-state index contributed by atoms with van der Waals surface area (Å²) in [6.07, 6.45) is 4.57. The van der Waals surface area contributed by atoms with Gasteiger partial charge in [-0.05, 0) is 32.6 Å². The molecule has 0 amide bonds. The molecule has 80 valence electrons. The molecule has 1 atom stereocenters. The maximum absolute atomic E-state index is 11.0. The Balaban J connectivity index is 1.98. The zero-order valence-corrected chi connectivity index (χ0v) is 8.75. The van der Waals surface area contributed by atoms with E-state index in [0.717, 1.165) is 32.3 Å². The molecule has 1 unspecified atom stereocenters. The Hall–Kier alpha value is -0.830. The monoisotopic (exact) mass is 198 g/mol. The number of carbonyl (C=O) groups excluding carboxylic acids is 1. The molecule has 0 aromatic rings. The summed E-state index contributed by atoms with van der Waals surface area (Å²) in [5.74, 6) is -0.294. The van der Waals surface area contributed by atoms with E-state index in [0.29, 0.717) is 18.3 Å². The number of ether oxygens (including phenoxy) is 2. The molecule has 1 rings (SSSR count). The molecule has 1 heterocycles. The van der Waals surface area contributed by atoms with Gasteiger partial charge in [0.05, 0.1) is 12.7 Å². The number of rotatable bonds is 5. The SMILES string of the molecule is C=C(C)C(=O)OCCCC1CCCO1. The van der Waals surface area contributed by atoms with Gasteiger partial charge in [-0.15, -0.1) is 0 Å². The van der Waals surface area contributed by atoms with E-state index in [2.05, 4.69) is 6.58 Å². The van der Waals surface area contributed by atoms with Gasteiger partial charge >= 0.3 is 5.97 Å². The van der Waals surface area contributed by atoms with Crippen LogP contribution in [-0.4, -0.2) is 25.3 Å². The lowest BCUT2D eigenvalue weighted by atomic mass is 10.1. The van der Waals surface area contributed by atoms with Crippen LogP contribution in [0.2, 0.25) is 0 Å². The third-order valence-electron chi connectivity index (χ3n) is 2.28. The smallest absolute Gasteiger partial charge is 0.333 e. The maximum atomic E-state index is 11.0. The third-order valence-corrected chi connectivity index (χ3v) is 2.28. The van der Waals surface area contributed by atoms with Crippen molar-refractivity contribution in [3.05, 3.63) is 12.2 Å². The molecule has 1 aliphatic heterocycles. The molecular formula is C11H18O3. The van der Waals surface area contributed by atoms with E-state index in [1.165, 1.54) is 0 Å². The maximum Gasteiger partial charge on any atom is 0.333 e. The van der Waals surface area contributed by atoms with Gasteiger partial charge in [0.2, 0.25) is 0 Å². The number of hydrogen-bond donors (Lipinski definition) is 0. The minimum absolute atomic E-state index is 0.294. The summed E-state index contributed by atoms with van der Waals surface area (Å²) in [5, 5.41) is 0. The molecule has 0 aliphatic carbocycles. The fraction of sp³-hybridized carbons (Fsp3) is 0.727. The van der Waals surface area contributed by atoms with Gasteiger partial charge in [0.15, 0.2) is 0 Å². The van der Waals surface area contributed by atoms with Crippen molar-refractivity contribution in [3.63, 3.8) is 0 Å². The van der Waals surface area contributed by atoms with Gasteiger partial charge in [0.25, 0.3) is 0 Å². The zero-order chi connectivity index (χ0) is 10.4. The highest BCUT2D eigenvalue weighted by atomic mass is 16.5.